The van der Waals surface area contributed by atoms with E-state index in [1.807, 2.05) is 0 Å². The van der Waals surface area contributed by atoms with Crippen molar-refractivity contribution in [1.29, 1.82) is 0 Å². The number of rotatable bonds is 9. The van der Waals surface area contributed by atoms with Crippen LogP contribution in [0.2, 0.25) is 0 Å². The highest BCUT2D eigenvalue weighted by Crippen LogP contribution is 2.53. The van der Waals surface area contributed by atoms with Gasteiger partial charge in [-0.15, -0.1) is 0 Å². The Kier molecular flexibility index (Phi) is 9.97. The largest absolute Gasteiger partial charge is 0.385 e. The summed E-state index contributed by atoms with van der Waals surface area (Å²) in [6, 6.07) is 7.15. The molecule has 1 N–H and O–H groups in total. The minimum Gasteiger partial charge on any atom is -0.385 e. The minimum absolute atomic E-state index is 0.457. The van der Waals surface area contributed by atoms with Gasteiger partial charge in [0.1, 0.15) is 0 Å². The van der Waals surface area contributed by atoms with Crippen molar-refractivity contribution in [2.75, 3.05) is 20.3 Å². The lowest BCUT2D eigenvalue weighted by molar-refractivity contribution is 0.129. The number of methoxy groups -OCH3 is 1. The molecule has 1 aromatic carbocycles. The summed E-state index contributed by atoms with van der Waals surface area (Å²) < 4.78 is 5.19. The predicted octanol–water partition coefficient (Wildman–Crippen LogP) is 7.94. The summed E-state index contributed by atoms with van der Waals surface area (Å²) in [6.07, 6.45) is 8.15. The van der Waals surface area contributed by atoms with Crippen LogP contribution in [0.5, 0.6) is 0 Å². The van der Waals surface area contributed by atoms with Crippen molar-refractivity contribution < 1.29 is 4.74 Å². The molecule has 6 atom stereocenters. The molecule has 3 rings (SSSR count). The van der Waals surface area contributed by atoms with E-state index < -0.39 is 0 Å². The Hall–Kier alpha value is -1.45. The molecule has 2 fully saturated rings. The summed E-state index contributed by atoms with van der Waals surface area (Å²) in [4.78, 5) is 1.05. The quantitative estimate of drug-likeness (QED) is 0.220. The van der Waals surface area contributed by atoms with Crippen LogP contribution in [0.15, 0.2) is 42.5 Å². The summed E-state index contributed by atoms with van der Waals surface area (Å²) in [6.45, 7) is 19.8. The fourth-order valence-electron chi connectivity index (χ4n) is 6.88. The van der Waals surface area contributed by atoms with E-state index in [0.717, 1.165) is 31.0 Å². The summed E-state index contributed by atoms with van der Waals surface area (Å²) in [5.41, 5.74) is 7.16. The lowest BCUT2D eigenvalue weighted by atomic mass is 9.58. The van der Waals surface area contributed by atoms with Crippen LogP contribution in [-0.4, -0.2) is 25.2 Å². The first-order valence-electron chi connectivity index (χ1n) is 13.4. The van der Waals surface area contributed by atoms with Gasteiger partial charge in [0.2, 0.25) is 0 Å². The summed E-state index contributed by atoms with van der Waals surface area (Å²) in [7, 11) is 1.76. The average Bonchev–Trinajstić information content (AvgIpc) is 2.79. The van der Waals surface area contributed by atoms with E-state index in [4.69, 9.17) is 17.0 Å². The van der Waals surface area contributed by atoms with E-state index in [-0.39, 0.29) is 0 Å². The average molecular weight is 482 g/mol. The smallest absolute Gasteiger partial charge is 0.0784 e. The monoisotopic (exact) mass is 481 g/mol. The second kappa shape index (κ2) is 12.5. The zero-order chi connectivity index (χ0) is 24.8. The van der Waals surface area contributed by atoms with Crippen LogP contribution < -0.4 is 5.32 Å². The molecule has 188 valence electrons. The maximum absolute atomic E-state index is 5.86. The molecule has 0 bridgehead atoms. The number of benzene rings is 1. The molecule has 0 heterocycles. The number of nitrogens with one attached hydrogen (secondary N) is 1. The van der Waals surface area contributed by atoms with Crippen LogP contribution in [0.1, 0.15) is 81.4 Å². The molecule has 0 spiro atoms. The lowest BCUT2D eigenvalue weighted by Gasteiger charge is -2.47. The van der Waals surface area contributed by atoms with Crippen molar-refractivity contribution in [3.05, 3.63) is 59.2 Å². The number of ether oxygens (including phenoxy) is 1. The molecule has 0 aromatic heterocycles. The van der Waals surface area contributed by atoms with Gasteiger partial charge in [-0.3, -0.25) is 0 Å². The molecular weight excluding hydrogens is 434 g/mol. The van der Waals surface area contributed by atoms with Crippen LogP contribution in [0.3, 0.4) is 0 Å². The van der Waals surface area contributed by atoms with Crippen molar-refractivity contribution in [3.63, 3.8) is 0 Å². The molecule has 2 nitrogen and oxygen atoms in total. The zero-order valence-electron chi connectivity index (χ0n) is 22.3. The Morgan fingerprint density at radius 1 is 1.21 bits per heavy atom. The zero-order valence-corrected chi connectivity index (χ0v) is 23.1. The third-order valence-corrected chi connectivity index (χ3v) is 9.09. The first kappa shape index (κ1) is 27.1. The van der Waals surface area contributed by atoms with Crippen molar-refractivity contribution in [1.82, 2.24) is 5.32 Å². The second-order valence-corrected chi connectivity index (χ2v) is 11.7. The third-order valence-electron chi connectivity index (χ3n) is 8.61. The van der Waals surface area contributed by atoms with Gasteiger partial charge in [-0.05, 0) is 106 Å². The number of hydrogen-bond donors (Lipinski definition) is 1. The third kappa shape index (κ3) is 6.61. The van der Waals surface area contributed by atoms with E-state index in [1.54, 1.807) is 12.7 Å². The standard InChI is InChI=1S/C31H47NOS/c1-20(2)29-19-25(31(34)32-15-8-16-33-7)11-14-28(29)30(26-12-9-21(3)17-23(26)5)27-13-10-22(4)18-24(27)6/h10,13,18,23,25-26,28-30H,1,3,8-9,11-12,14-17,19H2,2,4-7H3,(H,32,34). The lowest BCUT2D eigenvalue weighted by Crippen LogP contribution is -2.40. The Morgan fingerprint density at radius 2 is 1.97 bits per heavy atom. The molecule has 2 aliphatic rings. The van der Waals surface area contributed by atoms with Gasteiger partial charge < -0.3 is 10.1 Å². The van der Waals surface area contributed by atoms with Crippen molar-refractivity contribution in [2.45, 2.75) is 78.6 Å². The van der Waals surface area contributed by atoms with E-state index in [1.165, 1.54) is 54.4 Å². The Bertz CT molecular complexity index is 874. The summed E-state index contributed by atoms with van der Waals surface area (Å²) >= 11 is 5.86. The molecule has 0 aliphatic heterocycles. The first-order chi connectivity index (χ1) is 16.2. The molecular formula is C31H47NOS. The van der Waals surface area contributed by atoms with Crippen LogP contribution in [0, 0.1) is 43.4 Å². The van der Waals surface area contributed by atoms with Crippen LogP contribution >= 0.6 is 12.2 Å². The Balaban J connectivity index is 1.87. The molecule has 6 unspecified atom stereocenters. The second-order valence-electron chi connectivity index (χ2n) is 11.3. The number of aryl methyl sites for hydroxylation is 2. The fourth-order valence-corrected chi connectivity index (χ4v) is 7.19. The molecule has 0 radical (unpaired) electrons. The van der Waals surface area contributed by atoms with Crippen LogP contribution in [0.4, 0.5) is 0 Å². The van der Waals surface area contributed by atoms with Gasteiger partial charge in [-0.25, -0.2) is 0 Å². The van der Waals surface area contributed by atoms with Crippen LogP contribution in [0.25, 0.3) is 0 Å². The highest BCUT2D eigenvalue weighted by molar-refractivity contribution is 7.80. The maximum Gasteiger partial charge on any atom is 0.0784 e. The number of thiocarbonyl (C=S) groups is 1. The highest BCUT2D eigenvalue weighted by Gasteiger charge is 2.43. The molecule has 2 aliphatic carbocycles. The minimum atomic E-state index is 0.457. The SMILES string of the molecule is C=C1CCC(C(c2ccc(C)cc2C)C2CCC(C(=S)NCCCOC)CC2C(=C)C)C(C)C1. The van der Waals surface area contributed by atoms with E-state index in [9.17, 15) is 0 Å². The van der Waals surface area contributed by atoms with Crippen LogP contribution in [-0.2, 0) is 4.74 Å². The van der Waals surface area contributed by atoms with Gasteiger partial charge in [0.05, 0.1) is 4.99 Å². The molecule has 3 heteroatoms. The van der Waals surface area contributed by atoms with Gasteiger partial charge in [-0.1, -0.05) is 67.2 Å². The van der Waals surface area contributed by atoms with E-state index in [0.29, 0.717) is 35.5 Å². The van der Waals surface area contributed by atoms with Crippen molar-refractivity contribution in [2.24, 2.45) is 29.6 Å². The molecule has 0 saturated heterocycles. The van der Waals surface area contributed by atoms with Gasteiger partial charge in [-0.2, -0.15) is 0 Å². The van der Waals surface area contributed by atoms with Gasteiger partial charge in [0.15, 0.2) is 0 Å². The normalized spacial score (nSPS) is 28.4. The molecule has 34 heavy (non-hydrogen) atoms. The van der Waals surface area contributed by atoms with E-state index >= 15 is 0 Å². The van der Waals surface area contributed by atoms with Crippen molar-refractivity contribution in [3.8, 4) is 0 Å². The predicted molar refractivity (Wildman–Crippen MR) is 151 cm³/mol. The number of allylic oxidation sites excluding steroid dienone is 2. The molecule has 2 saturated carbocycles. The maximum atomic E-state index is 5.86. The molecule has 1 aromatic rings. The van der Waals surface area contributed by atoms with Gasteiger partial charge >= 0.3 is 0 Å². The topological polar surface area (TPSA) is 21.3 Å². The molecule has 0 amide bonds. The fraction of sp³-hybridized carbons (Fsp3) is 0.645. The van der Waals surface area contributed by atoms with Crippen molar-refractivity contribution >= 4 is 17.2 Å². The highest BCUT2D eigenvalue weighted by atomic mass is 32.1. The van der Waals surface area contributed by atoms with Gasteiger partial charge in [0.25, 0.3) is 0 Å². The van der Waals surface area contributed by atoms with E-state index in [2.05, 4.69) is 64.4 Å². The Labute approximate surface area is 214 Å². The Morgan fingerprint density at radius 3 is 2.62 bits per heavy atom. The summed E-state index contributed by atoms with van der Waals surface area (Å²) in [5, 5.41) is 3.53. The number of hydrogen-bond acceptors (Lipinski definition) is 2. The summed E-state index contributed by atoms with van der Waals surface area (Å²) in [5.74, 6) is 3.56. The van der Waals surface area contributed by atoms with Gasteiger partial charge in [0, 0.05) is 26.2 Å². The first-order valence-corrected chi connectivity index (χ1v) is 13.8.